The Morgan fingerprint density at radius 1 is 1.00 bits per heavy atom. The van der Waals surface area contributed by atoms with Crippen LogP contribution in [0.3, 0.4) is 0 Å². The van der Waals surface area contributed by atoms with E-state index in [0.29, 0.717) is 5.56 Å². The number of esters is 1. The minimum atomic E-state index is -1.38. The number of methoxy groups -OCH3 is 1. The lowest BCUT2D eigenvalue weighted by Gasteiger charge is -2.12. The first-order valence-corrected chi connectivity index (χ1v) is 6.82. The standard InChI is InChI=1S/C16H18O7/c1-22-7-8-23-15(19)10-12(11-5-3-2-4-6-11)13(16(20)21)9-14(17)18/h2-6H,7-10H2,1H3,(H,17,18)(H,20,21). The summed E-state index contributed by atoms with van der Waals surface area (Å²) < 4.78 is 9.69. The van der Waals surface area contributed by atoms with Crippen molar-refractivity contribution >= 4 is 23.5 Å². The molecule has 0 spiro atoms. The lowest BCUT2D eigenvalue weighted by Crippen LogP contribution is -2.14. The van der Waals surface area contributed by atoms with Gasteiger partial charge in [0.05, 0.1) is 25.0 Å². The summed E-state index contributed by atoms with van der Waals surface area (Å²) in [6.45, 7) is 0.260. The number of aliphatic carboxylic acids is 2. The van der Waals surface area contributed by atoms with Crippen LogP contribution in [-0.2, 0) is 23.9 Å². The van der Waals surface area contributed by atoms with E-state index >= 15 is 0 Å². The lowest BCUT2D eigenvalue weighted by molar-refractivity contribution is -0.143. The molecule has 0 aliphatic rings. The molecule has 0 aromatic heterocycles. The molecule has 0 aliphatic carbocycles. The molecule has 0 aliphatic heterocycles. The van der Waals surface area contributed by atoms with Crippen molar-refractivity contribution in [1.29, 1.82) is 0 Å². The van der Waals surface area contributed by atoms with Gasteiger partial charge in [-0.2, -0.15) is 0 Å². The zero-order valence-corrected chi connectivity index (χ0v) is 12.7. The van der Waals surface area contributed by atoms with Crippen LogP contribution in [0.5, 0.6) is 0 Å². The molecule has 2 N–H and O–H groups in total. The maximum absolute atomic E-state index is 11.9. The highest BCUT2D eigenvalue weighted by atomic mass is 16.6. The van der Waals surface area contributed by atoms with Crippen molar-refractivity contribution < 1.29 is 34.1 Å². The van der Waals surface area contributed by atoms with Gasteiger partial charge in [0.15, 0.2) is 0 Å². The average Bonchev–Trinajstić information content (AvgIpc) is 2.51. The Balaban J connectivity index is 3.13. The summed E-state index contributed by atoms with van der Waals surface area (Å²) in [6.07, 6.45) is -1.02. The first-order valence-electron chi connectivity index (χ1n) is 6.82. The second-order valence-electron chi connectivity index (χ2n) is 4.59. The summed E-state index contributed by atoms with van der Waals surface area (Å²) in [5, 5.41) is 18.2. The van der Waals surface area contributed by atoms with Gasteiger partial charge in [0.2, 0.25) is 0 Å². The summed E-state index contributed by atoms with van der Waals surface area (Å²) in [5.41, 5.74) is 0.255. The van der Waals surface area contributed by atoms with E-state index in [1.165, 1.54) is 7.11 Å². The van der Waals surface area contributed by atoms with Crippen molar-refractivity contribution in [2.24, 2.45) is 0 Å². The third-order valence-corrected chi connectivity index (χ3v) is 2.94. The highest BCUT2D eigenvalue weighted by Crippen LogP contribution is 2.25. The molecule has 0 amide bonds. The Labute approximate surface area is 133 Å². The molecule has 0 heterocycles. The predicted octanol–water partition coefficient (Wildman–Crippen LogP) is 1.58. The van der Waals surface area contributed by atoms with Crippen molar-refractivity contribution in [1.82, 2.24) is 0 Å². The second-order valence-corrected chi connectivity index (χ2v) is 4.59. The van der Waals surface area contributed by atoms with Crippen molar-refractivity contribution in [3.05, 3.63) is 41.5 Å². The van der Waals surface area contributed by atoms with Crippen LogP contribution < -0.4 is 0 Å². The minimum Gasteiger partial charge on any atom is -0.481 e. The number of carbonyl (C=O) groups excluding carboxylic acids is 1. The number of carbonyl (C=O) groups is 3. The molecule has 0 unspecified atom stereocenters. The van der Waals surface area contributed by atoms with Gasteiger partial charge in [-0.3, -0.25) is 9.59 Å². The Bertz CT molecular complexity index is 590. The fourth-order valence-corrected chi connectivity index (χ4v) is 1.92. The fraction of sp³-hybridized carbons (Fsp3) is 0.312. The van der Waals surface area contributed by atoms with E-state index < -0.39 is 24.3 Å². The van der Waals surface area contributed by atoms with E-state index in [2.05, 4.69) is 0 Å². The van der Waals surface area contributed by atoms with Crippen molar-refractivity contribution in [3.8, 4) is 0 Å². The van der Waals surface area contributed by atoms with Gasteiger partial charge in [0, 0.05) is 7.11 Å². The molecule has 0 fully saturated rings. The van der Waals surface area contributed by atoms with E-state index in [4.69, 9.17) is 14.6 Å². The minimum absolute atomic E-state index is 0.0404. The van der Waals surface area contributed by atoms with Crippen molar-refractivity contribution in [2.45, 2.75) is 12.8 Å². The number of rotatable bonds is 9. The van der Waals surface area contributed by atoms with Crippen LogP contribution in [0.2, 0.25) is 0 Å². The average molecular weight is 322 g/mol. The quantitative estimate of drug-likeness (QED) is 0.403. The van der Waals surface area contributed by atoms with Crippen LogP contribution in [0.25, 0.3) is 5.57 Å². The third kappa shape index (κ3) is 6.31. The fourth-order valence-electron chi connectivity index (χ4n) is 1.92. The Morgan fingerprint density at radius 2 is 1.65 bits per heavy atom. The molecule has 23 heavy (non-hydrogen) atoms. The highest BCUT2D eigenvalue weighted by Gasteiger charge is 2.21. The van der Waals surface area contributed by atoms with Crippen LogP contribution in [-0.4, -0.2) is 48.4 Å². The van der Waals surface area contributed by atoms with Crippen molar-refractivity contribution in [3.63, 3.8) is 0 Å². The molecule has 7 heteroatoms. The first-order chi connectivity index (χ1) is 11.0. The maximum atomic E-state index is 11.9. The summed E-state index contributed by atoms with van der Waals surface area (Å²) >= 11 is 0. The Hall–Kier alpha value is -2.67. The van der Waals surface area contributed by atoms with E-state index in [1.54, 1.807) is 30.3 Å². The lowest BCUT2D eigenvalue weighted by atomic mass is 9.95. The number of ether oxygens (including phenoxy) is 2. The topological polar surface area (TPSA) is 110 Å². The van der Waals surface area contributed by atoms with Crippen LogP contribution in [0, 0.1) is 0 Å². The molecule has 124 valence electrons. The van der Waals surface area contributed by atoms with Gasteiger partial charge in [-0.15, -0.1) is 0 Å². The third-order valence-electron chi connectivity index (χ3n) is 2.94. The number of hydrogen-bond acceptors (Lipinski definition) is 5. The largest absolute Gasteiger partial charge is 0.481 e. The van der Waals surface area contributed by atoms with Crippen LogP contribution in [0.4, 0.5) is 0 Å². The molecular weight excluding hydrogens is 304 g/mol. The number of hydrogen-bond donors (Lipinski definition) is 2. The van der Waals surface area contributed by atoms with E-state index in [1.807, 2.05) is 0 Å². The van der Waals surface area contributed by atoms with Crippen LogP contribution in [0.1, 0.15) is 18.4 Å². The van der Waals surface area contributed by atoms with Gasteiger partial charge in [-0.25, -0.2) is 4.79 Å². The number of benzene rings is 1. The molecule has 0 atom stereocenters. The SMILES string of the molecule is COCCOC(=O)CC(=C(CC(=O)O)C(=O)O)c1ccccc1. The molecule has 1 aromatic rings. The molecule has 7 nitrogen and oxygen atoms in total. The van der Waals surface area contributed by atoms with Gasteiger partial charge < -0.3 is 19.7 Å². The monoisotopic (exact) mass is 322 g/mol. The zero-order chi connectivity index (χ0) is 17.2. The summed E-state index contributed by atoms with van der Waals surface area (Å²) in [4.78, 5) is 34.2. The van der Waals surface area contributed by atoms with Gasteiger partial charge in [-0.05, 0) is 11.1 Å². The van der Waals surface area contributed by atoms with Gasteiger partial charge >= 0.3 is 17.9 Å². The van der Waals surface area contributed by atoms with Gasteiger partial charge in [-0.1, -0.05) is 30.3 Å². The van der Waals surface area contributed by atoms with Gasteiger partial charge in [0.25, 0.3) is 0 Å². The zero-order valence-electron chi connectivity index (χ0n) is 12.7. The molecule has 1 rings (SSSR count). The summed E-state index contributed by atoms with van der Waals surface area (Å²) in [5.74, 6) is -3.32. The Kier molecular flexibility index (Phi) is 7.49. The first kappa shape index (κ1) is 18.4. The van der Waals surface area contributed by atoms with Gasteiger partial charge in [0.1, 0.15) is 6.61 Å². The van der Waals surface area contributed by atoms with Crippen molar-refractivity contribution in [2.75, 3.05) is 20.3 Å². The number of carboxylic acids is 2. The predicted molar refractivity (Wildman–Crippen MR) is 80.7 cm³/mol. The van der Waals surface area contributed by atoms with E-state index in [0.717, 1.165) is 0 Å². The smallest absolute Gasteiger partial charge is 0.332 e. The summed E-state index contributed by atoms with van der Waals surface area (Å²) in [6, 6.07) is 8.30. The molecule has 0 bridgehead atoms. The van der Waals surface area contributed by atoms with Crippen LogP contribution >= 0.6 is 0 Å². The molecule has 1 aromatic carbocycles. The normalized spacial score (nSPS) is 11.5. The molecular formula is C16H18O7. The van der Waals surface area contributed by atoms with E-state index in [9.17, 15) is 19.5 Å². The van der Waals surface area contributed by atoms with Crippen LogP contribution in [0.15, 0.2) is 35.9 Å². The molecule has 0 saturated heterocycles. The second kappa shape index (κ2) is 9.37. The molecule has 0 saturated carbocycles. The Morgan fingerprint density at radius 3 is 2.17 bits per heavy atom. The maximum Gasteiger partial charge on any atom is 0.332 e. The molecule has 0 radical (unpaired) electrons. The highest BCUT2D eigenvalue weighted by molar-refractivity contribution is 6.03. The number of carboxylic acid groups (broad SMARTS) is 2. The van der Waals surface area contributed by atoms with E-state index in [-0.39, 0.29) is 30.8 Å². The summed E-state index contributed by atoms with van der Waals surface area (Å²) in [7, 11) is 1.46.